The minimum absolute atomic E-state index is 0.174. The van der Waals surface area contributed by atoms with Crippen molar-refractivity contribution in [2.75, 3.05) is 5.43 Å². The van der Waals surface area contributed by atoms with Gasteiger partial charge >= 0.3 is 0 Å². The summed E-state index contributed by atoms with van der Waals surface area (Å²) in [6, 6.07) is 9.72. The van der Waals surface area contributed by atoms with Gasteiger partial charge < -0.3 is 0 Å². The molecule has 0 radical (unpaired) electrons. The Morgan fingerprint density at radius 1 is 1.31 bits per heavy atom. The minimum Gasteiger partial charge on any atom is -0.274 e. The topological polar surface area (TPSA) is 59.8 Å². The summed E-state index contributed by atoms with van der Waals surface area (Å²) in [7, 11) is 0. The molecule has 1 heterocycles. The highest BCUT2D eigenvalue weighted by molar-refractivity contribution is 5.81. The van der Waals surface area contributed by atoms with Crippen molar-refractivity contribution in [3.8, 4) is 11.3 Å². The Morgan fingerprint density at radius 2 is 2.00 bits per heavy atom. The van der Waals surface area contributed by atoms with Gasteiger partial charge in [0.15, 0.2) is 0 Å². The van der Waals surface area contributed by atoms with Crippen LogP contribution in [0.1, 0.15) is 12.6 Å². The smallest absolute Gasteiger partial charge is 0.236 e. The highest BCUT2D eigenvalue weighted by Gasteiger charge is 2.10. The first-order valence-corrected chi connectivity index (χ1v) is 4.94. The molecule has 1 N–H and O–H groups in total. The monoisotopic (exact) mass is 216 g/mol. The summed E-state index contributed by atoms with van der Waals surface area (Å²) in [5.74, 6) is -0.174. The lowest BCUT2D eigenvalue weighted by molar-refractivity contribution is -0.115. The number of hydrogen-bond acceptors (Lipinski definition) is 3. The van der Waals surface area contributed by atoms with Crippen LogP contribution in [0.2, 0.25) is 0 Å². The molecule has 0 aliphatic rings. The predicted octanol–water partition coefficient (Wildman–Crippen LogP) is 1.34. The number of nitrogens with zero attached hydrogens (tertiary/aromatic N) is 3. The van der Waals surface area contributed by atoms with Crippen molar-refractivity contribution in [1.82, 2.24) is 15.1 Å². The number of aromatic nitrogens is 3. The Morgan fingerprint density at radius 3 is 2.62 bits per heavy atom. The van der Waals surface area contributed by atoms with E-state index in [9.17, 15) is 4.79 Å². The van der Waals surface area contributed by atoms with E-state index >= 15 is 0 Å². The lowest BCUT2D eigenvalue weighted by Crippen LogP contribution is -2.22. The summed E-state index contributed by atoms with van der Waals surface area (Å²) in [5.41, 5.74) is 5.13. The Balaban J connectivity index is 2.37. The Bertz CT molecular complexity index is 504. The Kier molecular flexibility index (Phi) is 2.68. The van der Waals surface area contributed by atoms with Gasteiger partial charge in [-0.1, -0.05) is 30.3 Å². The van der Waals surface area contributed by atoms with Crippen molar-refractivity contribution in [1.29, 1.82) is 0 Å². The van der Waals surface area contributed by atoms with Gasteiger partial charge in [-0.2, -0.15) is 4.79 Å². The van der Waals surface area contributed by atoms with Crippen molar-refractivity contribution in [2.45, 2.75) is 13.8 Å². The van der Waals surface area contributed by atoms with Crippen molar-refractivity contribution in [3.63, 3.8) is 0 Å². The molecule has 5 nitrogen and oxygen atoms in total. The molecule has 1 aromatic heterocycles. The van der Waals surface area contributed by atoms with Gasteiger partial charge in [0, 0.05) is 12.5 Å². The fraction of sp³-hybridized carbons (Fsp3) is 0.182. The second-order valence-electron chi connectivity index (χ2n) is 3.47. The van der Waals surface area contributed by atoms with Crippen LogP contribution in [0.4, 0.5) is 0 Å². The van der Waals surface area contributed by atoms with Crippen molar-refractivity contribution in [2.24, 2.45) is 0 Å². The molecular formula is C11H12N4O. The van der Waals surface area contributed by atoms with Gasteiger partial charge in [-0.05, 0) is 12.1 Å². The van der Waals surface area contributed by atoms with E-state index in [4.69, 9.17) is 0 Å². The Hall–Kier alpha value is -2.17. The number of carbonyl (C=O) groups excluding carboxylic acids is 1. The van der Waals surface area contributed by atoms with Crippen LogP contribution in [-0.2, 0) is 4.79 Å². The average Bonchev–Trinajstić information content (AvgIpc) is 2.61. The number of carbonyl (C=O) groups is 1. The largest absolute Gasteiger partial charge is 0.274 e. The van der Waals surface area contributed by atoms with Crippen LogP contribution in [0.25, 0.3) is 11.3 Å². The second kappa shape index (κ2) is 4.14. The predicted molar refractivity (Wildman–Crippen MR) is 60.2 cm³/mol. The Labute approximate surface area is 93.1 Å². The maximum Gasteiger partial charge on any atom is 0.236 e. The van der Waals surface area contributed by atoms with Crippen LogP contribution < -0.4 is 5.43 Å². The first kappa shape index (κ1) is 10.4. The van der Waals surface area contributed by atoms with E-state index in [0.717, 1.165) is 17.0 Å². The zero-order chi connectivity index (χ0) is 11.5. The van der Waals surface area contributed by atoms with Crippen LogP contribution in [0.3, 0.4) is 0 Å². The van der Waals surface area contributed by atoms with Crippen LogP contribution in [-0.4, -0.2) is 21.0 Å². The van der Waals surface area contributed by atoms with Gasteiger partial charge in [0.1, 0.15) is 5.69 Å². The zero-order valence-corrected chi connectivity index (χ0v) is 9.14. The standard InChI is InChI=1S/C11H12N4O/c1-8-11(10-6-4-3-5-7-10)12-14-15(8)13-9(2)16/h3-7H,1-2H3,(H,13,16). The number of amides is 1. The highest BCUT2D eigenvalue weighted by atomic mass is 16.2. The van der Waals surface area contributed by atoms with Crippen LogP contribution in [0, 0.1) is 6.92 Å². The van der Waals surface area contributed by atoms with Crippen molar-refractivity contribution in [3.05, 3.63) is 36.0 Å². The van der Waals surface area contributed by atoms with E-state index in [0.29, 0.717) is 0 Å². The molecule has 1 aromatic carbocycles. The molecule has 0 atom stereocenters. The van der Waals surface area contributed by atoms with Gasteiger partial charge in [0.2, 0.25) is 5.91 Å². The molecule has 2 aromatic rings. The third kappa shape index (κ3) is 1.93. The molecule has 0 bridgehead atoms. The SMILES string of the molecule is CC(=O)Nn1nnc(-c2ccccc2)c1C. The summed E-state index contributed by atoms with van der Waals surface area (Å²) in [4.78, 5) is 12.3. The lowest BCUT2D eigenvalue weighted by Gasteiger charge is -2.02. The molecule has 1 amide bonds. The lowest BCUT2D eigenvalue weighted by atomic mass is 10.1. The summed E-state index contributed by atoms with van der Waals surface area (Å²) in [6.45, 7) is 3.29. The normalized spacial score (nSPS) is 10.1. The number of benzene rings is 1. The first-order valence-electron chi connectivity index (χ1n) is 4.94. The van der Waals surface area contributed by atoms with Crippen molar-refractivity contribution >= 4 is 5.91 Å². The van der Waals surface area contributed by atoms with Gasteiger partial charge in [0.05, 0.1) is 5.69 Å². The highest BCUT2D eigenvalue weighted by Crippen LogP contribution is 2.18. The van der Waals surface area contributed by atoms with E-state index in [1.807, 2.05) is 37.3 Å². The zero-order valence-electron chi connectivity index (χ0n) is 9.14. The second-order valence-corrected chi connectivity index (χ2v) is 3.47. The van der Waals surface area contributed by atoms with E-state index < -0.39 is 0 Å². The third-order valence-corrected chi connectivity index (χ3v) is 2.21. The summed E-state index contributed by atoms with van der Waals surface area (Å²) < 4.78 is 0. The molecule has 0 saturated heterocycles. The van der Waals surface area contributed by atoms with Gasteiger partial charge in [-0.3, -0.25) is 4.79 Å². The molecule has 5 heteroatoms. The van der Waals surface area contributed by atoms with E-state index in [-0.39, 0.29) is 5.91 Å². The molecule has 16 heavy (non-hydrogen) atoms. The van der Waals surface area contributed by atoms with Gasteiger partial charge in [-0.25, -0.2) is 5.43 Å². The van der Waals surface area contributed by atoms with E-state index in [1.54, 1.807) is 0 Å². The molecule has 0 spiro atoms. The first-order chi connectivity index (χ1) is 7.68. The molecular weight excluding hydrogens is 204 g/mol. The maximum atomic E-state index is 10.9. The molecule has 0 unspecified atom stereocenters. The molecule has 0 saturated carbocycles. The number of nitrogens with one attached hydrogen (secondary N) is 1. The van der Waals surface area contributed by atoms with Crippen LogP contribution in [0.15, 0.2) is 30.3 Å². The fourth-order valence-corrected chi connectivity index (χ4v) is 1.45. The molecule has 0 aliphatic heterocycles. The quantitative estimate of drug-likeness (QED) is 0.824. The van der Waals surface area contributed by atoms with Gasteiger partial charge in [0.25, 0.3) is 0 Å². The van der Waals surface area contributed by atoms with Crippen molar-refractivity contribution < 1.29 is 4.79 Å². The summed E-state index contributed by atoms with van der Waals surface area (Å²) >= 11 is 0. The molecule has 0 aliphatic carbocycles. The van der Waals surface area contributed by atoms with Crippen LogP contribution >= 0.6 is 0 Å². The summed E-state index contributed by atoms with van der Waals surface area (Å²) in [5, 5.41) is 7.90. The fourth-order valence-electron chi connectivity index (χ4n) is 1.45. The molecule has 2 rings (SSSR count). The molecule has 82 valence electrons. The number of rotatable bonds is 2. The van der Waals surface area contributed by atoms with Gasteiger partial charge in [-0.15, -0.1) is 5.10 Å². The van der Waals surface area contributed by atoms with E-state index in [1.165, 1.54) is 11.7 Å². The average molecular weight is 216 g/mol. The summed E-state index contributed by atoms with van der Waals surface area (Å²) in [6.07, 6.45) is 0. The van der Waals surface area contributed by atoms with E-state index in [2.05, 4.69) is 15.7 Å². The minimum atomic E-state index is -0.174. The molecule has 0 fully saturated rings. The maximum absolute atomic E-state index is 10.9. The number of hydrogen-bond donors (Lipinski definition) is 1. The third-order valence-electron chi connectivity index (χ3n) is 2.21. The van der Waals surface area contributed by atoms with Crippen LogP contribution in [0.5, 0.6) is 0 Å².